The van der Waals surface area contributed by atoms with Crippen LogP contribution in [-0.2, 0) is 10.2 Å². The van der Waals surface area contributed by atoms with Crippen LogP contribution in [0.15, 0.2) is 29.3 Å². The number of guanidine groups is 1. The normalized spacial score (nSPS) is 22.0. The molecule has 0 unspecified atom stereocenters. The van der Waals surface area contributed by atoms with Gasteiger partial charge in [-0.1, -0.05) is 31.2 Å². The summed E-state index contributed by atoms with van der Waals surface area (Å²) < 4.78 is 5.68. The van der Waals surface area contributed by atoms with Gasteiger partial charge >= 0.3 is 0 Å². The number of nitrogens with one attached hydrogen (secondary N) is 1. The van der Waals surface area contributed by atoms with Crippen molar-refractivity contribution >= 4 is 5.96 Å². The SMILES string of the molecule is CN=C(NCC1(c2ccccc2C)CCOCC1)N1CCC(C)CC1. The van der Waals surface area contributed by atoms with Gasteiger partial charge < -0.3 is 15.0 Å². The molecule has 3 rings (SSSR count). The Balaban J connectivity index is 1.74. The molecule has 1 aromatic rings. The highest BCUT2D eigenvalue weighted by atomic mass is 16.5. The molecule has 0 aromatic heterocycles. The fraction of sp³-hybridized carbons (Fsp3) is 0.667. The van der Waals surface area contributed by atoms with Crippen molar-refractivity contribution in [3.8, 4) is 0 Å². The average molecular weight is 344 g/mol. The molecule has 2 saturated heterocycles. The van der Waals surface area contributed by atoms with Gasteiger partial charge in [0.15, 0.2) is 5.96 Å². The number of rotatable bonds is 3. The van der Waals surface area contributed by atoms with Gasteiger partial charge in [0.1, 0.15) is 0 Å². The zero-order valence-corrected chi connectivity index (χ0v) is 16.1. The molecule has 0 bridgehead atoms. The van der Waals surface area contributed by atoms with Crippen molar-refractivity contribution in [3.05, 3.63) is 35.4 Å². The topological polar surface area (TPSA) is 36.9 Å². The van der Waals surface area contributed by atoms with E-state index in [9.17, 15) is 0 Å². The van der Waals surface area contributed by atoms with Crippen molar-refractivity contribution in [2.24, 2.45) is 10.9 Å². The predicted molar refractivity (Wildman–Crippen MR) is 104 cm³/mol. The second kappa shape index (κ2) is 8.22. The van der Waals surface area contributed by atoms with Crippen molar-refractivity contribution in [1.82, 2.24) is 10.2 Å². The molecule has 4 heteroatoms. The van der Waals surface area contributed by atoms with E-state index in [4.69, 9.17) is 4.74 Å². The quantitative estimate of drug-likeness (QED) is 0.675. The van der Waals surface area contributed by atoms with Crippen LogP contribution in [-0.4, -0.2) is 50.8 Å². The van der Waals surface area contributed by atoms with E-state index in [1.54, 1.807) is 0 Å². The van der Waals surface area contributed by atoms with Gasteiger partial charge in [-0.25, -0.2) is 0 Å². The minimum absolute atomic E-state index is 0.141. The number of piperidine rings is 1. The molecule has 0 radical (unpaired) electrons. The van der Waals surface area contributed by atoms with E-state index in [0.29, 0.717) is 0 Å². The molecule has 0 amide bonds. The third-order valence-corrected chi connectivity index (χ3v) is 6.05. The first-order valence-electron chi connectivity index (χ1n) is 9.74. The first kappa shape index (κ1) is 18.2. The van der Waals surface area contributed by atoms with Gasteiger partial charge in [0.25, 0.3) is 0 Å². The number of ether oxygens (including phenoxy) is 1. The van der Waals surface area contributed by atoms with E-state index >= 15 is 0 Å². The van der Waals surface area contributed by atoms with Crippen LogP contribution in [0.4, 0.5) is 0 Å². The van der Waals surface area contributed by atoms with E-state index in [-0.39, 0.29) is 5.41 Å². The van der Waals surface area contributed by atoms with Gasteiger partial charge in [-0.15, -0.1) is 0 Å². The summed E-state index contributed by atoms with van der Waals surface area (Å²) in [5.41, 5.74) is 2.99. The highest BCUT2D eigenvalue weighted by molar-refractivity contribution is 5.80. The highest BCUT2D eigenvalue weighted by Crippen LogP contribution is 2.36. The van der Waals surface area contributed by atoms with Crippen LogP contribution >= 0.6 is 0 Å². The standard InChI is InChI=1S/C21H33N3O/c1-17-8-12-24(13-9-17)20(22-3)23-16-21(10-14-25-15-11-21)19-7-5-4-6-18(19)2/h4-7,17H,8-16H2,1-3H3,(H,22,23). The van der Waals surface area contributed by atoms with Crippen LogP contribution < -0.4 is 5.32 Å². The van der Waals surface area contributed by atoms with Gasteiger partial charge in [-0.3, -0.25) is 4.99 Å². The highest BCUT2D eigenvalue weighted by Gasteiger charge is 2.36. The van der Waals surface area contributed by atoms with Crippen molar-refractivity contribution in [1.29, 1.82) is 0 Å². The van der Waals surface area contributed by atoms with Gasteiger partial charge in [0.05, 0.1) is 0 Å². The van der Waals surface area contributed by atoms with Crippen molar-refractivity contribution < 1.29 is 4.74 Å². The molecule has 1 N–H and O–H groups in total. The Morgan fingerprint density at radius 1 is 1.24 bits per heavy atom. The maximum atomic E-state index is 5.68. The van der Waals surface area contributed by atoms with Crippen LogP contribution in [0, 0.1) is 12.8 Å². The van der Waals surface area contributed by atoms with Crippen molar-refractivity contribution in [2.75, 3.05) is 39.9 Å². The Bertz CT molecular complexity index is 585. The summed E-state index contributed by atoms with van der Waals surface area (Å²) in [5, 5.41) is 3.71. The summed E-state index contributed by atoms with van der Waals surface area (Å²) in [7, 11) is 1.91. The smallest absolute Gasteiger partial charge is 0.193 e. The van der Waals surface area contributed by atoms with Crippen LogP contribution in [0.3, 0.4) is 0 Å². The zero-order valence-electron chi connectivity index (χ0n) is 16.1. The van der Waals surface area contributed by atoms with Crippen LogP contribution in [0.2, 0.25) is 0 Å². The van der Waals surface area contributed by atoms with Gasteiger partial charge in [0, 0.05) is 45.3 Å². The number of aryl methyl sites for hydroxylation is 1. The van der Waals surface area contributed by atoms with Crippen LogP contribution in [0.5, 0.6) is 0 Å². The molecule has 0 spiro atoms. The number of benzene rings is 1. The molecule has 0 aliphatic carbocycles. The monoisotopic (exact) mass is 343 g/mol. The fourth-order valence-corrected chi connectivity index (χ4v) is 4.27. The molecule has 4 nitrogen and oxygen atoms in total. The van der Waals surface area contributed by atoms with Crippen LogP contribution in [0.1, 0.15) is 43.7 Å². The van der Waals surface area contributed by atoms with E-state index in [1.807, 2.05) is 7.05 Å². The first-order valence-corrected chi connectivity index (χ1v) is 9.74. The van der Waals surface area contributed by atoms with Crippen molar-refractivity contribution in [3.63, 3.8) is 0 Å². The number of hydrogen-bond acceptors (Lipinski definition) is 2. The molecule has 0 saturated carbocycles. The Hall–Kier alpha value is -1.55. The van der Waals surface area contributed by atoms with Crippen LogP contribution in [0.25, 0.3) is 0 Å². The summed E-state index contributed by atoms with van der Waals surface area (Å²) in [6.45, 7) is 9.42. The lowest BCUT2D eigenvalue weighted by Crippen LogP contribution is -2.51. The largest absolute Gasteiger partial charge is 0.381 e. The summed E-state index contributed by atoms with van der Waals surface area (Å²) in [6.07, 6.45) is 4.66. The molecule has 138 valence electrons. The number of hydrogen-bond donors (Lipinski definition) is 1. The molecular formula is C21H33N3O. The average Bonchev–Trinajstić information content (AvgIpc) is 2.65. The third kappa shape index (κ3) is 4.17. The minimum Gasteiger partial charge on any atom is -0.381 e. The van der Waals surface area contributed by atoms with E-state index < -0.39 is 0 Å². The Morgan fingerprint density at radius 3 is 2.56 bits per heavy atom. The van der Waals surface area contributed by atoms with Crippen molar-refractivity contribution in [2.45, 2.75) is 44.9 Å². The molecule has 0 atom stereocenters. The molecule has 2 aliphatic rings. The number of nitrogens with zero attached hydrogens (tertiary/aromatic N) is 2. The maximum absolute atomic E-state index is 5.68. The Kier molecular flexibility index (Phi) is 6.00. The molecule has 25 heavy (non-hydrogen) atoms. The first-order chi connectivity index (χ1) is 12.1. The Morgan fingerprint density at radius 2 is 1.92 bits per heavy atom. The second-order valence-corrected chi connectivity index (χ2v) is 7.78. The molecular weight excluding hydrogens is 310 g/mol. The zero-order chi connectivity index (χ0) is 17.7. The summed E-state index contributed by atoms with van der Waals surface area (Å²) in [4.78, 5) is 6.99. The Labute approximate surface area is 152 Å². The van der Waals surface area contributed by atoms with E-state index in [2.05, 4.69) is 53.3 Å². The number of likely N-dealkylation sites (tertiary alicyclic amines) is 1. The molecule has 2 heterocycles. The summed E-state index contributed by atoms with van der Waals surface area (Å²) >= 11 is 0. The summed E-state index contributed by atoms with van der Waals surface area (Å²) in [6, 6.07) is 8.83. The van der Waals surface area contributed by atoms with E-state index in [1.165, 1.54) is 24.0 Å². The fourth-order valence-electron chi connectivity index (χ4n) is 4.27. The second-order valence-electron chi connectivity index (χ2n) is 7.78. The van der Waals surface area contributed by atoms with Gasteiger partial charge in [-0.2, -0.15) is 0 Å². The lowest BCUT2D eigenvalue weighted by Gasteiger charge is -2.40. The van der Waals surface area contributed by atoms with Gasteiger partial charge in [-0.05, 0) is 49.7 Å². The summed E-state index contributed by atoms with van der Waals surface area (Å²) in [5.74, 6) is 1.90. The lowest BCUT2D eigenvalue weighted by atomic mass is 9.72. The predicted octanol–water partition coefficient (Wildman–Crippen LogP) is 3.35. The third-order valence-electron chi connectivity index (χ3n) is 6.05. The molecule has 2 fully saturated rings. The van der Waals surface area contributed by atoms with Gasteiger partial charge in [0.2, 0.25) is 0 Å². The maximum Gasteiger partial charge on any atom is 0.193 e. The molecule has 2 aliphatic heterocycles. The number of aliphatic imine (C=N–C) groups is 1. The molecule has 1 aromatic carbocycles. The lowest BCUT2D eigenvalue weighted by molar-refractivity contribution is 0.0509. The minimum atomic E-state index is 0.141. The van der Waals surface area contributed by atoms with E-state index in [0.717, 1.165) is 57.6 Å².